The Morgan fingerprint density at radius 1 is 1.10 bits per heavy atom. The molecule has 0 N–H and O–H groups in total. The fraction of sp³-hybridized carbons (Fsp3) is 0.364. The van der Waals surface area contributed by atoms with E-state index in [0.29, 0.717) is 48.8 Å². The third-order valence-corrected chi connectivity index (χ3v) is 7.37. The van der Waals surface area contributed by atoms with Crippen LogP contribution in [0.4, 0.5) is 4.39 Å². The third-order valence-electron chi connectivity index (χ3n) is 5.57. The highest BCUT2D eigenvalue weighted by atomic mass is 35.5. The Bertz CT molecular complexity index is 932. The number of hydrogen-bond donors (Lipinski definition) is 0. The van der Waals surface area contributed by atoms with Crippen LogP contribution in [-0.4, -0.2) is 58.5 Å². The van der Waals surface area contributed by atoms with Crippen LogP contribution in [0.3, 0.4) is 0 Å². The fourth-order valence-electron chi connectivity index (χ4n) is 3.96. The van der Waals surface area contributed by atoms with Gasteiger partial charge >= 0.3 is 0 Å². The molecule has 1 spiro atoms. The number of benzene rings is 2. The Kier molecular flexibility index (Phi) is 6.20. The molecule has 0 unspecified atom stereocenters. The van der Waals surface area contributed by atoms with Crippen molar-refractivity contribution in [2.45, 2.75) is 17.7 Å². The molecule has 30 heavy (non-hydrogen) atoms. The number of thioether (sulfide) groups is 1. The molecule has 4 rings (SSSR count). The van der Waals surface area contributed by atoms with Crippen LogP contribution in [0.25, 0.3) is 0 Å². The van der Waals surface area contributed by atoms with Crippen LogP contribution in [0.15, 0.2) is 48.5 Å². The van der Waals surface area contributed by atoms with Gasteiger partial charge in [0.15, 0.2) is 6.61 Å². The van der Waals surface area contributed by atoms with E-state index in [1.807, 2.05) is 4.90 Å². The van der Waals surface area contributed by atoms with E-state index in [2.05, 4.69) is 0 Å². The predicted molar refractivity (Wildman–Crippen MR) is 115 cm³/mol. The molecule has 0 aromatic heterocycles. The lowest BCUT2D eigenvalue weighted by molar-refractivity contribution is -0.135. The van der Waals surface area contributed by atoms with Crippen LogP contribution >= 0.6 is 23.4 Å². The number of ether oxygens (including phenoxy) is 1. The first-order valence-corrected chi connectivity index (χ1v) is 11.2. The van der Waals surface area contributed by atoms with E-state index in [-0.39, 0.29) is 23.3 Å². The van der Waals surface area contributed by atoms with Gasteiger partial charge in [-0.25, -0.2) is 4.39 Å². The highest BCUT2D eigenvalue weighted by Gasteiger charge is 2.47. The molecule has 2 aromatic carbocycles. The van der Waals surface area contributed by atoms with Crippen LogP contribution in [-0.2, 0) is 4.79 Å². The minimum atomic E-state index is -0.414. The number of piperidine rings is 1. The Labute approximate surface area is 184 Å². The lowest BCUT2D eigenvalue weighted by atomic mass is 10.0. The molecule has 2 amide bonds. The number of carbonyl (C=O) groups excluding carboxylic acids is 2. The molecular formula is C22H22ClFN2O3S. The summed E-state index contributed by atoms with van der Waals surface area (Å²) in [6.07, 6.45) is 1.37. The topological polar surface area (TPSA) is 49.9 Å². The zero-order valence-corrected chi connectivity index (χ0v) is 17.9. The van der Waals surface area contributed by atoms with Gasteiger partial charge in [-0.1, -0.05) is 17.7 Å². The summed E-state index contributed by atoms with van der Waals surface area (Å²) in [4.78, 5) is 28.9. The fourth-order valence-corrected chi connectivity index (χ4v) is 5.54. The number of hydrogen-bond acceptors (Lipinski definition) is 4. The van der Waals surface area contributed by atoms with Gasteiger partial charge in [-0.05, 0) is 55.3 Å². The second kappa shape index (κ2) is 8.86. The van der Waals surface area contributed by atoms with Crippen molar-refractivity contribution >= 4 is 35.2 Å². The van der Waals surface area contributed by atoms with Gasteiger partial charge in [0.25, 0.3) is 11.8 Å². The maximum Gasteiger partial charge on any atom is 0.260 e. The van der Waals surface area contributed by atoms with Gasteiger partial charge in [0.2, 0.25) is 0 Å². The first kappa shape index (κ1) is 21.0. The summed E-state index contributed by atoms with van der Waals surface area (Å²) in [5, 5.41) is 0.612. The van der Waals surface area contributed by atoms with Crippen LogP contribution in [0.2, 0.25) is 5.02 Å². The zero-order valence-electron chi connectivity index (χ0n) is 16.4. The van der Waals surface area contributed by atoms with Crippen LogP contribution < -0.4 is 4.74 Å². The maximum absolute atomic E-state index is 13.6. The molecule has 0 aliphatic carbocycles. The lowest BCUT2D eigenvalue weighted by Crippen LogP contribution is -2.54. The minimum Gasteiger partial charge on any atom is -0.484 e. The molecule has 2 aliphatic heterocycles. The van der Waals surface area contributed by atoms with Gasteiger partial charge in [0.05, 0.1) is 4.87 Å². The minimum absolute atomic E-state index is 0.0340. The van der Waals surface area contributed by atoms with E-state index in [0.717, 1.165) is 5.75 Å². The van der Waals surface area contributed by atoms with Crippen molar-refractivity contribution in [1.82, 2.24) is 9.80 Å². The standard InChI is InChI=1S/C22H22ClFN2O3S/c23-17-4-6-19(7-5-17)29-15-20(27)25-10-8-22(9-11-25)26(12-13-30-22)21(28)16-2-1-3-18(24)14-16/h1-7,14H,8-13,15H2. The summed E-state index contributed by atoms with van der Waals surface area (Å²) in [5.41, 5.74) is 0.367. The van der Waals surface area contributed by atoms with Crippen molar-refractivity contribution in [1.29, 1.82) is 0 Å². The summed E-state index contributed by atoms with van der Waals surface area (Å²) in [6, 6.07) is 12.7. The normalized spacial score (nSPS) is 17.9. The summed E-state index contributed by atoms with van der Waals surface area (Å²) < 4.78 is 19.1. The predicted octanol–water partition coefficient (Wildman–Crippen LogP) is 4.07. The summed E-state index contributed by atoms with van der Waals surface area (Å²) in [6.45, 7) is 1.72. The zero-order chi connectivity index (χ0) is 21.1. The lowest BCUT2D eigenvalue weighted by Gasteiger charge is -2.44. The highest BCUT2D eigenvalue weighted by molar-refractivity contribution is 8.00. The van der Waals surface area contributed by atoms with Crippen molar-refractivity contribution in [3.8, 4) is 5.75 Å². The smallest absolute Gasteiger partial charge is 0.260 e. The average molecular weight is 449 g/mol. The number of carbonyl (C=O) groups is 2. The Morgan fingerprint density at radius 2 is 1.83 bits per heavy atom. The molecule has 2 aliphatic rings. The van der Waals surface area contributed by atoms with Crippen LogP contribution in [0, 0.1) is 5.82 Å². The Hall–Kier alpha value is -2.25. The maximum atomic E-state index is 13.6. The van der Waals surface area contributed by atoms with Gasteiger partial charge in [-0.2, -0.15) is 0 Å². The second-order valence-electron chi connectivity index (χ2n) is 7.39. The summed E-state index contributed by atoms with van der Waals surface area (Å²) >= 11 is 7.61. The molecule has 0 saturated carbocycles. The number of halogens is 2. The van der Waals surface area contributed by atoms with Crippen molar-refractivity contribution in [2.75, 3.05) is 32.0 Å². The van der Waals surface area contributed by atoms with Gasteiger partial charge in [0, 0.05) is 36.0 Å². The molecule has 2 aromatic rings. The largest absolute Gasteiger partial charge is 0.484 e. The number of likely N-dealkylation sites (tertiary alicyclic amines) is 1. The van der Waals surface area contributed by atoms with Crippen LogP contribution in [0.1, 0.15) is 23.2 Å². The van der Waals surface area contributed by atoms with E-state index >= 15 is 0 Å². The first-order valence-electron chi connectivity index (χ1n) is 9.84. The second-order valence-corrected chi connectivity index (χ2v) is 9.28. The molecule has 2 saturated heterocycles. The van der Waals surface area contributed by atoms with Gasteiger partial charge in [-0.15, -0.1) is 11.8 Å². The van der Waals surface area contributed by atoms with Gasteiger partial charge in [-0.3, -0.25) is 9.59 Å². The van der Waals surface area contributed by atoms with Crippen molar-refractivity contribution < 1.29 is 18.7 Å². The van der Waals surface area contributed by atoms with E-state index in [1.54, 1.807) is 53.1 Å². The quantitative estimate of drug-likeness (QED) is 0.707. The number of nitrogens with zero attached hydrogens (tertiary/aromatic N) is 2. The first-order chi connectivity index (χ1) is 14.5. The Morgan fingerprint density at radius 3 is 2.53 bits per heavy atom. The van der Waals surface area contributed by atoms with E-state index in [9.17, 15) is 14.0 Å². The highest BCUT2D eigenvalue weighted by Crippen LogP contribution is 2.44. The molecule has 5 nitrogen and oxygen atoms in total. The molecule has 2 fully saturated rings. The van der Waals surface area contributed by atoms with Crippen LogP contribution in [0.5, 0.6) is 5.75 Å². The molecular weight excluding hydrogens is 427 g/mol. The molecule has 2 heterocycles. The molecule has 0 bridgehead atoms. The monoisotopic (exact) mass is 448 g/mol. The van der Waals surface area contributed by atoms with Crippen molar-refractivity contribution in [3.05, 3.63) is 64.9 Å². The van der Waals surface area contributed by atoms with Gasteiger partial charge in [0.1, 0.15) is 11.6 Å². The SMILES string of the molecule is O=C(COc1ccc(Cl)cc1)N1CCC2(CC1)SCCN2C(=O)c1cccc(F)c1. The van der Waals surface area contributed by atoms with E-state index < -0.39 is 5.82 Å². The summed E-state index contributed by atoms with van der Waals surface area (Å²) in [7, 11) is 0. The van der Waals surface area contributed by atoms with E-state index in [4.69, 9.17) is 16.3 Å². The number of amides is 2. The number of rotatable bonds is 4. The third kappa shape index (κ3) is 4.42. The molecule has 0 radical (unpaired) electrons. The van der Waals surface area contributed by atoms with E-state index in [1.165, 1.54) is 12.1 Å². The molecule has 0 atom stereocenters. The Balaban J connectivity index is 1.35. The van der Waals surface area contributed by atoms with Crippen molar-refractivity contribution in [2.24, 2.45) is 0 Å². The molecule has 158 valence electrons. The van der Waals surface area contributed by atoms with Crippen molar-refractivity contribution in [3.63, 3.8) is 0 Å². The molecule has 8 heteroatoms. The average Bonchev–Trinajstić information content (AvgIpc) is 3.16. The van der Waals surface area contributed by atoms with Gasteiger partial charge < -0.3 is 14.5 Å². The summed E-state index contributed by atoms with van der Waals surface area (Å²) in [5.74, 6) is 0.799.